The van der Waals surface area contributed by atoms with Crippen LogP contribution in [0.5, 0.6) is 0 Å². The van der Waals surface area contributed by atoms with Crippen LogP contribution in [0, 0.1) is 0 Å². The third-order valence-corrected chi connectivity index (χ3v) is 5.55. The maximum Gasteiger partial charge on any atom is 0.260 e. The Morgan fingerprint density at radius 2 is 2.04 bits per heavy atom. The van der Waals surface area contributed by atoms with Crippen LogP contribution < -0.4 is 11.5 Å². The number of rotatable bonds is 3. The molecule has 0 radical (unpaired) electrons. The Hall–Kier alpha value is -2.93. The molecule has 4 aromatic rings. The Morgan fingerprint density at radius 3 is 2.76 bits per heavy atom. The van der Waals surface area contributed by atoms with Gasteiger partial charge in [0.15, 0.2) is 5.76 Å². The Kier molecular flexibility index (Phi) is 2.90. The van der Waals surface area contributed by atoms with Crippen LogP contribution in [-0.4, -0.2) is 15.9 Å². The van der Waals surface area contributed by atoms with Crippen LogP contribution in [0.2, 0.25) is 0 Å². The number of nitrogens with two attached hydrogens (primary N) is 2. The highest BCUT2D eigenvalue weighted by atomic mass is 32.1. The minimum atomic E-state index is -0.552. The van der Waals surface area contributed by atoms with Gasteiger partial charge in [0.1, 0.15) is 26.8 Å². The van der Waals surface area contributed by atoms with E-state index >= 15 is 0 Å². The molecule has 1 saturated carbocycles. The number of para-hydroxylation sites is 1. The van der Waals surface area contributed by atoms with Gasteiger partial charge in [-0.2, -0.15) is 0 Å². The topological polar surface area (TPSA) is 108 Å². The first-order valence-electron chi connectivity index (χ1n) is 8.00. The predicted molar refractivity (Wildman–Crippen MR) is 97.5 cm³/mol. The molecule has 3 aromatic heterocycles. The summed E-state index contributed by atoms with van der Waals surface area (Å²) >= 11 is 1.21. The Bertz CT molecular complexity index is 1120. The number of hydrogen-bond donors (Lipinski definition) is 2. The van der Waals surface area contributed by atoms with Gasteiger partial charge in [-0.1, -0.05) is 18.2 Å². The fraction of sp³-hybridized carbons (Fsp3) is 0.167. The molecule has 1 aromatic carbocycles. The summed E-state index contributed by atoms with van der Waals surface area (Å²) in [6, 6.07) is 9.70. The molecule has 5 rings (SSSR count). The van der Waals surface area contributed by atoms with Gasteiger partial charge >= 0.3 is 0 Å². The number of anilines is 1. The van der Waals surface area contributed by atoms with Crippen LogP contribution in [-0.2, 0) is 0 Å². The number of hydrogen-bond acceptors (Lipinski definition) is 6. The lowest BCUT2D eigenvalue weighted by Gasteiger charge is -2.04. The number of nitrogens with zero attached hydrogens (tertiary/aromatic N) is 2. The second kappa shape index (κ2) is 5.03. The number of benzene rings is 1. The van der Waals surface area contributed by atoms with Gasteiger partial charge in [-0.15, -0.1) is 11.3 Å². The Balaban J connectivity index is 1.84. The van der Waals surface area contributed by atoms with Crippen molar-refractivity contribution >= 4 is 44.1 Å². The monoisotopic (exact) mass is 350 g/mol. The van der Waals surface area contributed by atoms with Crippen LogP contribution in [0.25, 0.3) is 32.6 Å². The fourth-order valence-corrected chi connectivity index (χ4v) is 3.98. The molecule has 6 nitrogen and oxygen atoms in total. The van der Waals surface area contributed by atoms with Crippen molar-refractivity contribution in [3.8, 4) is 11.5 Å². The van der Waals surface area contributed by atoms with Gasteiger partial charge in [0.25, 0.3) is 5.91 Å². The van der Waals surface area contributed by atoms with E-state index < -0.39 is 5.91 Å². The van der Waals surface area contributed by atoms with Crippen LogP contribution in [0.4, 0.5) is 5.69 Å². The predicted octanol–water partition coefficient (Wildman–Crippen LogP) is 3.66. The quantitative estimate of drug-likeness (QED) is 0.586. The molecule has 1 fully saturated rings. The normalized spacial score (nSPS) is 14.4. The molecule has 7 heteroatoms. The Morgan fingerprint density at radius 1 is 1.24 bits per heavy atom. The zero-order valence-corrected chi connectivity index (χ0v) is 14.0. The maximum absolute atomic E-state index is 11.7. The lowest BCUT2D eigenvalue weighted by molar-refractivity contribution is 0.100. The third kappa shape index (κ3) is 2.20. The minimum absolute atomic E-state index is 0.314. The summed E-state index contributed by atoms with van der Waals surface area (Å²) in [5, 5.41) is 1.63. The molecule has 0 bridgehead atoms. The molecular formula is C18H14N4O2S. The zero-order valence-electron chi connectivity index (χ0n) is 13.2. The third-order valence-electron chi connectivity index (χ3n) is 4.43. The molecule has 0 atom stereocenters. The van der Waals surface area contributed by atoms with E-state index in [1.807, 2.05) is 30.3 Å². The van der Waals surface area contributed by atoms with Crippen molar-refractivity contribution in [1.29, 1.82) is 0 Å². The van der Waals surface area contributed by atoms with Crippen molar-refractivity contribution in [2.45, 2.75) is 18.8 Å². The first kappa shape index (κ1) is 14.4. The second-order valence-electron chi connectivity index (χ2n) is 6.24. The molecule has 25 heavy (non-hydrogen) atoms. The standard InChI is InChI=1S/C18H14N4O2S/c19-13-12-14(11-7-9-3-1-2-4-10(9)24-11)21-17(8-5-6-8)22-18(12)25-15(13)16(20)23/h1-4,7-8H,5-6,19H2,(H2,20,23). The molecule has 1 amide bonds. The summed E-state index contributed by atoms with van der Waals surface area (Å²) in [4.78, 5) is 22.0. The van der Waals surface area contributed by atoms with E-state index in [1.165, 1.54) is 11.3 Å². The second-order valence-corrected chi connectivity index (χ2v) is 7.24. The van der Waals surface area contributed by atoms with E-state index in [9.17, 15) is 4.79 Å². The van der Waals surface area contributed by atoms with Crippen molar-refractivity contribution in [1.82, 2.24) is 9.97 Å². The fourth-order valence-electron chi connectivity index (χ4n) is 3.02. The van der Waals surface area contributed by atoms with Gasteiger partial charge in [-0.05, 0) is 25.0 Å². The van der Waals surface area contributed by atoms with E-state index in [0.717, 1.165) is 29.6 Å². The number of thiophene rings is 1. The first-order chi connectivity index (χ1) is 12.1. The first-order valence-corrected chi connectivity index (χ1v) is 8.82. The van der Waals surface area contributed by atoms with E-state index in [2.05, 4.69) is 4.98 Å². The van der Waals surface area contributed by atoms with Gasteiger partial charge in [0, 0.05) is 11.3 Å². The van der Waals surface area contributed by atoms with E-state index in [4.69, 9.17) is 20.9 Å². The van der Waals surface area contributed by atoms with Crippen molar-refractivity contribution in [2.24, 2.45) is 5.73 Å². The molecule has 0 unspecified atom stereocenters. The summed E-state index contributed by atoms with van der Waals surface area (Å²) in [6.07, 6.45) is 2.16. The smallest absolute Gasteiger partial charge is 0.260 e. The van der Waals surface area contributed by atoms with E-state index in [0.29, 0.717) is 38.2 Å². The lowest BCUT2D eigenvalue weighted by Crippen LogP contribution is -2.10. The van der Waals surface area contributed by atoms with Crippen LogP contribution in [0.15, 0.2) is 34.7 Å². The highest BCUT2D eigenvalue weighted by Crippen LogP contribution is 2.44. The number of nitrogen functional groups attached to an aromatic ring is 1. The summed E-state index contributed by atoms with van der Waals surface area (Å²) in [5.74, 6) is 1.22. The van der Waals surface area contributed by atoms with Gasteiger partial charge < -0.3 is 15.9 Å². The van der Waals surface area contributed by atoms with Crippen LogP contribution in [0.3, 0.4) is 0 Å². The number of primary amides is 1. The average molecular weight is 350 g/mol. The van der Waals surface area contributed by atoms with Gasteiger partial charge in [0.2, 0.25) is 0 Å². The minimum Gasteiger partial charge on any atom is -0.454 e. The summed E-state index contributed by atoms with van der Waals surface area (Å²) in [7, 11) is 0. The van der Waals surface area contributed by atoms with Crippen molar-refractivity contribution in [2.75, 3.05) is 5.73 Å². The number of amides is 1. The van der Waals surface area contributed by atoms with Gasteiger partial charge in [-0.25, -0.2) is 9.97 Å². The number of carbonyl (C=O) groups is 1. The molecule has 0 spiro atoms. The molecule has 124 valence electrons. The number of carbonyl (C=O) groups excluding carboxylic acids is 1. The molecular weight excluding hydrogens is 336 g/mol. The highest BCUT2D eigenvalue weighted by Gasteiger charge is 2.30. The van der Waals surface area contributed by atoms with Gasteiger partial charge in [0.05, 0.1) is 11.1 Å². The van der Waals surface area contributed by atoms with Crippen LogP contribution in [0.1, 0.15) is 34.3 Å². The molecule has 0 saturated heterocycles. The zero-order chi connectivity index (χ0) is 17.1. The van der Waals surface area contributed by atoms with Crippen molar-refractivity contribution in [3.63, 3.8) is 0 Å². The van der Waals surface area contributed by atoms with Crippen molar-refractivity contribution in [3.05, 3.63) is 41.0 Å². The van der Waals surface area contributed by atoms with Gasteiger partial charge in [-0.3, -0.25) is 4.79 Å². The number of fused-ring (bicyclic) bond motifs is 2. The highest BCUT2D eigenvalue weighted by molar-refractivity contribution is 7.21. The van der Waals surface area contributed by atoms with Crippen molar-refractivity contribution < 1.29 is 9.21 Å². The lowest BCUT2D eigenvalue weighted by atomic mass is 10.1. The summed E-state index contributed by atoms with van der Waals surface area (Å²) in [6.45, 7) is 0. The molecule has 1 aliphatic rings. The maximum atomic E-state index is 11.7. The number of aromatic nitrogens is 2. The SMILES string of the molecule is NC(=O)c1sc2nc(C3CC3)nc(-c3cc4ccccc4o3)c2c1N. The molecule has 3 heterocycles. The summed E-state index contributed by atoms with van der Waals surface area (Å²) in [5.41, 5.74) is 13.4. The summed E-state index contributed by atoms with van der Waals surface area (Å²) < 4.78 is 5.98. The number of furan rings is 1. The van der Waals surface area contributed by atoms with E-state index in [1.54, 1.807) is 0 Å². The largest absolute Gasteiger partial charge is 0.454 e. The Labute approximate surface area is 146 Å². The molecule has 1 aliphatic carbocycles. The molecule has 0 aliphatic heterocycles. The average Bonchev–Trinajstić information content (AvgIpc) is 3.27. The van der Waals surface area contributed by atoms with E-state index in [-0.39, 0.29) is 0 Å². The molecule has 4 N–H and O–H groups in total. The van der Waals surface area contributed by atoms with Crippen LogP contribution >= 0.6 is 11.3 Å².